The molecule has 0 saturated carbocycles. The first-order valence-corrected chi connectivity index (χ1v) is 7.26. The number of aromatic nitrogens is 1. The van der Waals surface area contributed by atoms with Crippen molar-refractivity contribution in [3.8, 4) is 6.07 Å². The number of ketones is 1. The van der Waals surface area contributed by atoms with Crippen molar-refractivity contribution < 1.29 is 9.53 Å². The summed E-state index contributed by atoms with van der Waals surface area (Å²) in [7, 11) is 1.49. The molecule has 1 aromatic heterocycles. The van der Waals surface area contributed by atoms with Crippen LogP contribution in [0.4, 0.5) is 0 Å². The highest BCUT2D eigenvalue weighted by molar-refractivity contribution is 6.30. The molecule has 23 heavy (non-hydrogen) atoms. The van der Waals surface area contributed by atoms with Gasteiger partial charge in [0.2, 0.25) is 0 Å². The highest BCUT2D eigenvalue weighted by Gasteiger charge is 2.15. The van der Waals surface area contributed by atoms with Gasteiger partial charge in [-0.05, 0) is 37.3 Å². The molecule has 6 heteroatoms. The molecule has 0 aliphatic carbocycles. The van der Waals surface area contributed by atoms with Crippen LogP contribution in [0, 0.1) is 18.3 Å². The molecule has 0 saturated heterocycles. The van der Waals surface area contributed by atoms with E-state index < -0.39 is 5.56 Å². The number of aryl methyl sites for hydroxylation is 1. The molecular weight excluding hydrogens is 316 g/mol. The zero-order valence-electron chi connectivity index (χ0n) is 12.8. The van der Waals surface area contributed by atoms with Crippen LogP contribution in [-0.2, 0) is 17.9 Å². The van der Waals surface area contributed by atoms with Crippen LogP contribution in [0.1, 0.15) is 27.2 Å². The van der Waals surface area contributed by atoms with E-state index in [2.05, 4.69) is 0 Å². The maximum absolute atomic E-state index is 12.4. The van der Waals surface area contributed by atoms with E-state index in [1.54, 1.807) is 37.3 Å². The molecule has 1 heterocycles. The summed E-state index contributed by atoms with van der Waals surface area (Å²) in [5, 5.41) is 9.74. The lowest BCUT2D eigenvalue weighted by Gasteiger charge is -2.12. The Morgan fingerprint density at radius 2 is 2.00 bits per heavy atom. The van der Waals surface area contributed by atoms with Gasteiger partial charge in [-0.25, -0.2) is 0 Å². The van der Waals surface area contributed by atoms with E-state index in [-0.39, 0.29) is 24.5 Å². The number of hydrogen-bond acceptors (Lipinski definition) is 4. The summed E-state index contributed by atoms with van der Waals surface area (Å²) in [5.41, 5.74) is 1.10. The van der Waals surface area contributed by atoms with Crippen LogP contribution in [0.5, 0.6) is 0 Å². The second-order valence-corrected chi connectivity index (χ2v) is 5.49. The average molecular weight is 331 g/mol. The summed E-state index contributed by atoms with van der Waals surface area (Å²) in [5.74, 6) is -0.227. The van der Waals surface area contributed by atoms with Crippen molar-refractivity contribution in [2.75, 3.05) is 7.11 Å². The Labute approximate surface area is 138 Å². The van der Waals surface area contributed by atoms with E-state index in [4.69, 9.17) is 16.3 Å². The SMILES string of the molecule is COCc1cc(C)n(CC(=O)c2ccc(Cl)cc2)c(=O)c1C#N. The molecular formula is C17H15ClN2O3. The Kier molecular flexibility index (Phi) is 5.32. The van der Waals surface area contributed by atoms with Gasteiger partial charge in [0.25, 0.3) is 5.56 Å². The van der Waals surface area contributed by atoms with Gasteiger partial charge in [-0.1, -0.05) is 11.6 Å². The van der Waals surface area contributed by atoms with Crippen molar-refractivity contribution >= 4 is 17.4 Å². The Morgan fingerprint density at radius 1 is 1.35 bits per heavy atom. The van der Waals surface area contributed by atoms with Gasteiger partial charge < -0.3 is 9.30 Å². The maximum Gasteiger partial charge on any atom is 0.269 e. The highest BCUT2D eigenvalue weighted by atomic mass is 35.5. The summed E-state index contributed by atoms with van der Waals surface area (Å²) >= 11 is 5.80. The fourth-order valence-corrected chi connectivity index (χ4v) is 2.42. The lowest BCUT2D eigenvalue weighted by molar-refractivity contribution is 0.0970. The smallest absolute Gasteiger partial charge is 0.269 e. The minimum absolute atomic E-state index is 0.00126. The van der Waals surface area contributed by atoms with E-state index >= 15 is 0 Å². The lowest BCUT2D eigenvalue weighted by Crippen LogP contribution is -2.29. The molecule has 5 nitrogen and oxygen atoms in total. The number of carbonyl (C=O) groups is 1. The molecule has 2 aromatic rings. The minimum Gasteiger partial charge on any atom is -0.380 e. The van der Waals surface area contributed by atoms with E-state index in [1.165, 1.54) is 11.7 Å². The predicted octanol–water partition coefficient (Wildman–Crippen LogP) is 2.71. The molecule has 0 bridgehead atoms. The maximum atomic E-state index is 12.4. The first-order chi connectivity index (χ1) is 11.0. The number of hydrogen-bond donors (Lipinski definition) is 0. The average Bonchev–Trinajstić information content (AvgIpc) is 2.52. The Bertz CT molecular complexity index is 833. The number of nitrogens with zero attached hydrogens (tertiary/aromatic N) is 2. The van der Waals surface area contributed by atoms with Gasteiger partial charge in [-0.2, -0.15) is 5.26 Å². The Morgan fingerprint density at radius 3 is 2.57 bits per heavy atom. The van der Waals surface area contributed by atoms with E-state index in [1.807, 2.05) is 6.07 Å². The van der Waals surface area contributed by atoms with Crippen molar-refractivity contribution in [2.24, 2.45) is 0 Å². The summed E-state index contributed by atoms with van der Waals surface area (Å²) in [6.45, 7) is 1.76. The third kappa shape index (κ3) is 3.67. The van der Waals surface area contributed by atoms with Crippen molar-refractivity contribution in [2.45, 2.75) is 20.1 Å². The standard InChI is InChI=1S/C17H15ClN2O3/c1-11-7-13(10-23-2)15(8-19)17(22)20(11)9-16(21)12-3-5-14(18)6-4-12/h3-7H,9-10H2,1-2H3. The molecule has 0 amide bonds. The fourth-order valence-electron chi connectivity index (χ4n) is 2.29. The van der Waals surface area contributed by atoms with Gasteiger partial charge in [0.05, 0.1) is 13.2 Å². The highest BCUT2D eigenvalue weighted by Crippen LogP contribution is 2.12. The molecule has 118 valence electrons. The number of methoxy groups -OCH3 is 1. The second-order valence-electron chi connectivity index (χ2n) is 5.05. The van der Waals surface area contributed by atoms with E-state index in [0.29, 0.717) is 21.8 Å². The molecule has 0 aliphatic rings. The third-order valence-corrected chi connectivity index (χ3v) is 3.72. The molecule has 2 rings (SSSR count). The largest absolute Gasteiger partial charge is 0.380 e. The van der Waals surface area contributed by atoms with Crippen LogP contribution in [0.25, 0.3) is 0 Å². The molecule has 0 fully saturated rings. The zero-order valence-corrected chi connectivity index (χ0v) is 13.6. The number of rotatable bonds is 5. The third-order valence-electron chi connectivity index (χ3n) is 3.47. The molecule has 0 unspecified atom stereocenters. The number of benzene rings is 1. The molecule has 0 atom stereocenters. The zero-order chi connectivity index (χ0) is 17.0. The van der Waals surface area contributed by atoms with Gasteiger partial charge >= 0.3 is 0 Å². The fraction of sp³-hybridized carbons (Fsp3) is 0.235. The van der Waals surface area contributed by atoms with Crippen molar-refractivity contribution in [3.05, 3.63) is 68.1 Å². The van der Waals surface area contributed by atoms with Crippen LogP contribution in [0.2, 0.25) is 5.02 Å². The predicted molar refractivity (Wildman–Crippen MR) is 86.6 cm³/mol. The van der Waals surface area contributed by atoms with Crippen LogP contribution in [0.3, 0.4) is 0 Å². The number of pyridine rings is 1. The van der Waals surface area contributed by atoms with Gasteiger partial charge in [-0.3, -0.25) is 9.59 Å². The van der Waals surface area contributed by atoms with Crippen LogP contribution in [0.15, 0.2) is 35.1 Å². The number of carbonyl (C=O) groups excluding carboxylic acids is 1. The van der Waals surface area contributed by atoms with E-state index in [9.17, 15) is 14.9 Å². The first kappa shape index (κ1) is 16.9. The van der Waals surface area contributed by atoms with Crippen LogP contribution >= 0.6 is 11.6 Å². The quantitative estimate of drug-likeness (QED) is 0.790. The molecule has 0 radical (unpaired) electrons. The Balaban J connectivity index is 2.40. The molecule has 0 aliphatic heterocycles. The second kappa shape index (κ2) is 7.23. The normalized spacial score (nSPS) is 10.3. The van der Waals surface area contributed by atoms with Gasteiger partial charge in [-0.15, -0.1) is 0 Å². The van der Waals surface area contributed by atoms with Crippen LogP contribution < -0.4 is 5.56 Å². The summed E-state index contributed by atoms with van der Waals surface area (Å²) < 4.78 is 6.30. The molecule has 0 N–H and O–H groups in total. The molecule has 0 spiro atoms. The van der Waals surface area contributed by atoms with Crippen molar-refractivity contribution in [1.29, 1.82) is 5.26 Å². The van der Waals surface area contributed by atoms with Crippen LogP contribution in [-0.4, -0.2) is 17.5 Å². The van der Waals surface area contributed by atoms with E-state index in [0.717, 1.165) is 0 Å². The first-order valence-electron chi connectivity index (χ1n) is 6.89. The minimum atomic E-state index is -0.484. The number of halogens is 1. The topological polar surface area (TPSA) is 72.1 Å². The van der Waals surface area contributed by atoms with Gasteiger partial charge in [0.15, 0.2) is 5.78 Å². The summed E-state index contributed by atoms with van der Waals surface area (Å²) in [6, 6.07) is 10.0. The lowest BCUT2D eigenvalue weighted by atomic mass is 10.1. The summed E-state index contributed by atoms with van der Waals surface area (Å²) in [6.07, 6.45) is 0. The Hall–Kier alpha value is -2.42. The van der Waals surface area contributed by atoms with Crippen molar-refractivity contribution in [1.82, 2.24) is 4.57 Å². The van der Waals surface area contributed by atoms with Gasteiger partial charge in [0, 0.05) is 29.0 Å². The number of nitriles is 1. The summed E-state index contributed by atoms with van der Waals surface area (Å²) in [4.78, 5) is 24.8. The van der Waals surface area contributed by atoms with Gasteiger partial charge in [0.1, 0.15) is 11.6 Å². The van der Waals surface area contributed by atoms with Crippen molar-refractivity contribution in [3.63, 3.8) is 0 Å². The number of Topliss-reactive ketones (excluding diaryl/α,β-unsaturated/α-hetero) is 1. The number of ether oxygens (including phenoxy) is 1. The monoisotopic (exact) mass is 330 g/mol. The molecule has 1 aromatic carbocycles.